The minimum atomic E-state index is 0.108. The monoisotopic (exact) mass is 201 g/mol. The highest BCUT2D eigenvalue weighted by Crippen LogP contribution is 1.97. The van der Waals surface area contributed by atoms with Gasteiger partial charge in [0.1, 0.15) is 0 Å². The van der Waals surface area contributed by atoms with Crippen molar-refractivity contribution in [2.45, 2.75) is 45.1 Å². The number of carbonyl (C=O) groups excluding carboxylic acids is 1. The van der Waals surface area contributed by atoms with Crippen LogP contribution in [0.1, 0.15) is 39.0 Å². The largest absolute Gasteiger partial charge is 0.356 e. The smallest absolute Gasteiger partial charge is 0.220 e. The quantitative estimate of drug-likeness (QED) is 0.496. The second-order valence-corrected chi connectivity index (χ2v) is 3.72. The Morgan fingerprint density at radius 3 is 2.64 bits per heavy atom. The zero-order chi connectivity index (χ0) is 10.8. The molecule has 4 heteroatoms. The van der Waals surface area contributed by atoms with Gasteiger partial charge in [-0.25, -0.2) is 0 Å². The minimum Gasteiger partial charge on any atom is -0.356 e. The highest BCUT2D eigenvalue weighted by atomic mass is 16.1. The Morgan fingerprint density at radius 1 is 1.36 bits per heavy atom. The molecule has 84 valence electrons. The molecule has 0 saturated carbocycles. The summed E-state index contributed by atoms with van der Waals surface area (Å²) in [6.07, 6.45) is 4.43. The number of rotatable bonds is 8. The Morgan fingerprint density at radius 2 is 2.07 bits per heavy atom. The lowest BCUT2D eigenvalue weighted by Gasteiger charge is -2.06. The van der Waals surface area contributed by atoms with Gasteiger partial charge in [0.2, 0.25) is 5.91 Å². The second kappa shape index (κ2) is 8.97. The number of nitrogens with one attached hydrogen (secondary N) is 1. The standard InChI is InChI=1S/C10H23N3O/c1-9(12)5-2-3-8-13-10(14)6-4-7-11/h9H,2-8,11-12H2,1H3,(H,13,14). The van der Waals surface area contributed by atoms with E-state index < -0.39 is 0 Å². The summed E-state index contributed by atoms with van der Waals surface area (Å²) in [5.74, 6) is 0.108. The first kappa shape index (κ1) is 13.4. The molecule has 0 aliphatic rings. The Kier molecular flexibility index (Phi) is 8.57. The van der Waals surface area contributed by atoms with Crippen LogP contribution in [-0.4, -0.2) is 25.0 Å². The fourth-order valence-electron chi connectivity index (χ4n) is 1.17. The number of unbranched alkanes of at least 4 members (excludes halogenated alkanes) is 1. The van der Waals surface area contributed by atoms with Gasteiger partial charge in [0.15, 0.2) is 0 Å². The number of carbonyl (C=O) groups is 1. The predicted molar refractivity (Wildman–Crippen MR) is 58.8 cm³/mol. The molecular formula is C10H23N3O. The van der Waals surface area contributed by atoms with Crippen molar-refractivity contribution >= 4 is 5.91 Å². The molecular weight excluding hydrogens is 178 g/mol. The molecule has 0 aliphatic heterocycles. The maximum atomic E-state index is 11.1. The van der Waals surface area contributed by atoms with E-state index in [0.717, 1.165) is 32.2 Å². The Bertz CT molecular complexity index is 148. The molecule has 0 aromatic heterocycles. The lowest BCUT2D eigenvalue weighted by molar-refractivity contribution is -0.121. The Hall–Kier alpha value is -0.610. The van der Waals surface area contributed by atoms with E-state index in [1.165, 1.54) is 0 Å². The van der Waals surface area contributed by atoms with E-state index in [0.29, 0.717) is 13.0 Å². The number of hydrogen-bond donors (Lipinski definition) is 3. The van der Waals surface area contributed by atoms with Crippen LogP contribution < -0.4 is 16.8 Å². The van der Waals surface area contributed by atoms with Gasteiger partial charge in [-0.05, 0) is 32.7 Å². The summed E-state index contributed by atoms with van der Waals surface area (Å²) in [6, 6.07) is 0.267. The first-order chi connectivity index (χ1) is 6.66. The van der Waals surface area contributed by atoms with E-state index in [1.807, 2.05) is 6.92 Å². The molecule has 1 amide bonds. The van der Waals surface area contributed by atoms with Crippen LogP contribution in [0, 0.1) is 0 Å². The maximum Gasteiger partial charge on any atom is 0.220 e. The summed E-state index contributed by atoms with van der Waals surface area (Å²) in [5.41, 5.74) is 10.9. The molecule has 1 atom stereocenters. The van der Waals surface area contributed by atoms with Gasteiger partial charge >= 0.3 is 0 Å². The molecule has 0 bridgehead atoms. The van der Waals surface area contributed by atoms with Crippen LogP contribution >= 0.6 is 0 Å². The molecule has 14 heavy (non-hydrogen) atoms. The van der Waals surface area contributed by atoms with Crippen molar-refractivity contribution in [3.63, 3.8) is 0 Å². The summed E-state index contributed by atoms with van der Waals surface area (Å²) in [7, 11) is 0. The first-order valence-electron chi connectivity index (χ1n) is 5.39. The van der Waals surface area contributed by atoms with E-state index in [-0.39, 0.29) is 11.9 Å². The average molecular weight is 201 g/mol. The van der Waals surface area contributed by atoms with E-state index in [4.69, 9.17) is 11.5 Å². The van der Waals surface area contributed by atoms with Crippen molar-refractivity contribution in [3.05, 3.63) is 0 Å². The van der Waals surface area contributed by atoms with Crippen molar-refractivity contribution in [1.82, 2.24) is 5.32 Å². The van der Waals surface area contributed by atoms with Crippen LogP contribution in [0.3, 0.4) is 0 Å². The fraction of sp³-hybridized carbons (Fsp3) is 0.900. The van der Waals surface area contributed by atoms with Gasteiger partial charge in [-0.2, -0.15) is 0 Å². The van der Waals surface area contributed by atoms with Crippen LogP contribution in [0.25, 0.3) is 0 Å². The van der Waals surface area contributed by atoms with Crippen LogP contribution in [0.2, 0.25) is 0 Å². The summed E-state index contributed by atoms with van der Waals surface area (Å²) >= 11 is 0. The normalized spacial score (nSPS) is 12.5. The van der Waals surface area contributed by atoms with E-state index in [2.05, 4.69) is 5.32 Å². The van der Waals surface area contributed by atoms with Gasteiger partial charge in [0.05, 0.1) is 0 Å². The van der Waals surface area contributed by atoms with Crippen LogP contribution in [0.5, 0.6) is 0 Å². The lowest BCUT2D eigenvalue weighted by Crippen LogP contribution is -2.25. The van der Waals surface area contributed by atoms with Gasteiger partial charge in [0.25, 0.3) is 0 Å². The molecule has 0 rings (SSSR count). The molecule has 0 aromatic carbocycles. The van der Waals surface area contributed by atoms with Crippen molar-refractivity contribution in [3.8, 4) is 0 Å². The van der Waals surface area contributed by atoms with Gasteiger partial charge < -0.3 is 16.8 Å². The SMILES string of the molecule is CC(N)CCCCNC(=O)CCCN. The highest BCUT2D eigenvalue weighted by molar-refractivity contribution is 5.75. The predicted octanol–water partition coefficient (Wildman–Crippen LogP) is 0.359. The molecule has 0 saturated heterocycles. The lowest BCUT2D eigenvalue weighted by atomic mass is 10.1. The summed E-state index contributed by atoms with van der Waals surface area (Å²) < 4.78 is 0. The van der Waals surface area contributed by atoms with Gasteiger partial charge in [-0.3, -0.25) is 4.79 Å². The fourth-order valence-corrected chi connectivity index (χ4v) is 1.17. The van der Waals surface area contributed by atoms with Crippen molar-refractivity contribution in [1.29, 1.82) is 0 Å². The van der Waals surface area contributed by atoms with Crippen LogP contribution in [0.15, 0.2) is 0 Å². The van der Waals surface area contributed by atoms with Gasteiger partial charge in [0, 0.05) is 19.0 Å². The number of amides is 1. The third kappa shape index (κ3) is 9.48. The molecule has 0 spiro atoms. The van der Waals surface area contributed by atoms with E-state index in [9.17, 15) is 4.79 Å². The van der Waals surface area contributed by atoms with Crippen LogP contribution in [-0.2, 0) is 4.79 Å². The van der Waals surface area contributed by atoms with Gasteiger partial charge in [-0.1, -0.05) is 6.42 Å². The first-order valence-corrected chi connectivity index (χ1v) is 5.39. The zero-order valence-corrected chi connectivity index (χ0v) is 9.09. The highest BCUT2D eigenvalue weighted by Gasteiger charge is 1.99. The molecule has 0 heterocycles. The summed E-state index contributed by atoms with van der Waals surface area (Å²) in [4.78, 5) is 11.1. The minimum absolute atomic E-state index is 0.108. The van der Waals surface area contributed by atoms with Gasteiger partial charge in [-0.15, -0.1) is 0 Å². The molecule has 0 fully saturated rings. The second-order valence-electron chi connectivity index (χ2n) is 3.72. The van der Waals surface area contributed by atoms with Crippen molar-refractivity contribution in [2.75, 3.05) is 13.1 Å². The Balaban J connectivity index is 3.15. The molecule has 5 N–H and O–H groups in total. The Labute approximate surface area is 86.4 Å². The molecule has 0 aromatic rings. The summed E-state index contributed by atoms with van der Waals surface area (Å²) in [5, 5.41) is 2.86. The summed E-state index contributed by atoms with van der Waals surface area (Å²) in [6.45, 7) is 3.34. The van der Waals surface area contributed by atoms with E-state index >= 15 is 0 Å². The molecule has 1 unspecified atom stereocenters. The average Bonchev–Trinajstić information content (AvgIpc) is 2.13. The molecule has 0 radical (unpaired) electrons. The number of hydrogen-bond acceptors (Lipinski definition) is 3. The third-order valence-electron chi connectivity index (χ3n) is 2.02. The van der Waals surface area contributed by atoms with E-state index in [1.54, 1.807) is 0 Å². The molecule has 0 aliphatic carbocycles. The maximum absolute atomic E-state index is 11.1. The molecule has 4 nitrogen and oxygen atoms in total. The number of nitrogens with two attached hydrogens (primary N) is 2. The third-order valence-corrected chi connectivity index (χ3v) is 2.02. The van der Waals surface area contributed by atoms with Crippen LogP contribution in [0.4, 0.5) is 0 Å². The zero-order valence-electron chi connectivity index (χ0n) is 9.09. The topological polar surface area (TPSA) is 81.1 Å². The van der Waals surface area contributed by atoms with Crippen molar-refractivity contribution < 1.29 is 4.79 Å². The van der Waals surface area contributed by atoms with Crippen molar-refractivity contribution in [2.24, 2.45) is 11.5 Å².